The maximum atomic E-state index is 5.21. The van der Waals surface area contributed by atoms with Crippen molar-refractivity contribution in [2.45, 2.75) is 13.5 Å². The smallest absolute Gasteiger partial charge is 0.235 e. The van der Waals surface area contributed by atoms with E-state index in [1.165, 1.54) is 15.2 Å². The van der Waals surface area contributed by atoms with Gasteiger partial charge in [0, 0.05) is 19.1 Å². The Bertz CT molecular complexity index is 502. The van der Waals surface area contributed by atoms with Gasteiger partial charge in [-0.1, -0.05) is 17.9 Å². The van der Waals surface area contributed by atoms with Crippen LogP contribution >= 0.6 is 11.3 Å². The molecule has 3 heteroatoms. The van der Waals surface area contributed by atoms with E-state index in [9.17, 15) is 0 Å². The zero-order valence-electron chi connectivity index (χ0n) is 8.99. The number of aromatic nitrogens is 1. The first-order valence-electron chi connectivity index (χ1n) is 4.84. The molecule has 0 saturated carbocycles. The first-order chi connectivity index (χ1) is 7.26. The molecule has 0 fully saturated rings. The molecule has 1 heterocycles. The molecule has 0 bridgehead atoms. The number of hydrogen-bond donors (Lipinski definition) is 0. The van der Waals surface area contributed by atoms with Gasteiger partial charge < -0.3 is 4.74 Å². The highest BCUT2D eigenvalue weighted by Crippen LogP contribution is 2.24. The summed E-state index contributed by atoms with van der Waals surface area (Å²) in [5, 5.41) is 1.29. The van der Waals surface area contributed by atoms with Crippen LogP contribution in [-0.2, 0) is 6.54 Å². The third kappa shape index (κ3) is 1.75. The van der Waals surface area contributed by atoms with E-state index < -0.39 is 0 Å². The maximum Gasteiger partial charge on any atom is 0.235 e. The minimum Gasteiger partial charge on any atom is -0.497 e. The second-order valence-electron chi connectivity index (χ2n) is 3.35. The molecule has 0 N–H and O–H groups in total. The molecule has 78 valence electrons. The van der Waals surface area contributed by atoms with Gasteiger partial charge in [0.1, 0.15) is 10.4 Å². The molecule has 2 nitrogen and oxygen atoms in total. The van der Waals surface area contributed by atoms with E-state index in [4.69, 9.17) is 4.74 Å². The molecule has 0 aliphatic heterocycles. The van der Waals surface area contributed by atoms with Crippen LogP contribution in [0, 0.1) is 6.92 Å². The summed E-state index contributed by atoms with van der Waals surface area (Å²) >= 11 is 1.78. The fourth-order valence-electron chi connectivity index (χ4n) is 1.67. The van der Waals surface area contributed by atoms with Crippen molar-refractivity contribution in [2.75, 3.05) is 7.11 Å². The molecule has 0 saturated heterocycles. The second-order valence-corrected chi connectivity index (χ2v) is 4.59. The summed E-state index contributed by atoms with van der Waals surface area (Å²) in [7, 11) is 1.69. The van der Waals surface area contributed by atoms with E-state index in [1.807, 2.05) is 12.1 Å². The summed E-state index contributed by atoms with van der Waals surface area (Å²) in [5.41, 5.74) is 1.25. The van der Waals surface area contributed by atoms with E-state index in [1.54, 1.807) is 18.4 Å². The Morgan fingerprint density at radius 2 is 2.33 bits per heavy atom. The zero-order valence-corrected chi connectivity index (χ0v) is 9.80. The van der Waals surface area contributed by atoms with E-state index >= 15 is 0 Å². The van der Waals surface area contributed by atoms with E-state index in [0.29, 0.717) is 0 Å². The Morgan fingerprint density at radius 3 is 3.00 bits per heavy atom. The lowest BCUT2D eigenvalue weighted by molar-refractivity contribution is -0.662. The number of rotatable bonds is 3. The molecule has 0 atom stereocenters. The van der Waals surface area contributed by atoms with E-state index in [2.05, 4.69) is 30.2 Å². The standard InChI is InChI=1S/C12H14NOS/c1-4-7-13-9(2)15-12-8-10(14-3)5-6-11(12)13/h4-6,8H,1,7H2,2-3H3/q+1. The first kappa shape index (κ1) is 10.2. The summed E-state index contributed by atoms with van der Waals surface area (Å²) in [4.78, 5) is 0. The number of benzene rings is 1. The van der Waals surface area contributed by atoms with Crippen molar-refractivity contribution in [1.29, 1.82) is 0 Å². The lowest BCUT2D eigenvalue weighted by atomic mass is 10.3. The van der Waals surface area contributed by atoms with Crippen LogP contribution in [0.2, 0.25) is 0 Å². The summed E-state index contributed by atoms with van der Waals surface area (Å²) in [6.45, 7) is 6.76. The predicted molar refractivity (Wildman–Crippen MR) is 63.5 cm³/mol. The quantitative estimate of drug-likeness (QED) is 0.572. The van der Waals surface area contributed by atoms with Crippen molar-refractivity contribution in [2.24, 2.45) is 0 Å². The maximum absolute atomic E-state index is 5.21. The Kier molecular flexibility index (Phi) is 2.73. The molecule has 15 heavy (non-hydrogen) atoms. The number of methoxy groups -OCH3 is 1. The lowest BCUT2D eigenvalue weighted by Gasteiger charge is -1.96. The van der Waals surface area contributed by atoms with Gasteiger partial charge in [-0.3, -0.25) is 0 Å². The highest BCUT2D eigenvalue weighted by molar-refractivity contribution is 7.18. The number of fused-ring (bicyclic) bond motifs is 1. The summed E-state index contributed by atoms with van der Waals surface area (Å²) < 4.78 is 8.72. The normalized spacial score (nSPS) is 10.5. The summed E-state index contributed by atoms with van der Waals surface area (Å²) in [6.07, 6.45) is 1.92. The van der Waals surface area contributed by atoms with E-state index in [-0.39, 0.29) is 0 Å². The largest absolute Gasteiger partial charge is 0.497 e. The molecule has 0 amide bonds. The number of thiazole rings is 1. The van der Waals surface area contributed by atoms with Gasteiger partial charge in [0.15, 0.2) is 6.54 Å². The van der Waals surface area contributed by atoms with Crippen molar-refractivity contribution in [3.8, 4) is 5.75 Å². The van der Waals surface area contributed by atoms with E-state index in [0.717, 1.165) is 12.3 Å². The van der Waals surface area contributed by atoms with Gasteiger partial charge in [0.05, 0.1) is 7.11 Å². The fourth-order valence-corrected chi connectivity index (χ4v) is 2.73. The van der Waals surface area contributed by atoms with Gasteiger partial charge in [-0.2, -0.15) is 4.57 Å². The SMILES string of the molecule is C=CC[n+]1c(C)sc2cc(OC)ccc21. The number of nitrogens with zero attached hydrogens (tertiary/aromatic N) is 1. The van der Waals surface area contributed by atoms with Crippen LogP contribution in [0.25, 0.3) is 10.2 Å². The van der Waals surface area contributed by atoms with Crippen LogP contribution < -0.4 is 9.30 Å². The highest BCUT2D eigenvalue weighted by Gasteiger charge is 2.15. The molecular weight excluding hydrogens is 206 g/mol. The van der Waals surface area contributed by atoms with Crippen molar-refractivity contribution >= 4 is 21.6 Å². The van der Waals surface area contributed by atoms with Crippen molar-refractivity contribution < 1.29 is 9.30 Å². The van der Waals surface area contributed by atoms with Gasteiger partial charge in [-0.05, 0) is 12.1 Å². The average molecular weight is 220 g/mol. The second kappa shape index (κ2) is 4.03. The fraction of sp³-hybridized carbons (Fsp3) is 0.250. The molecule has 2 rings (SSSR count). The molecule has 0 radical (unpaired) electrons. The molecule has 0 aliphatic rings. The van der Waals surface area contributed by atoms with Crippen LogP contribution in [0.3, 0.4) is 0 Å². The topological polar surface area (TPSA) is 13.1 Å². The minimum absolute atomic E-state index is 0.859. The molecule has 0 aliphatic carbocycles. The molecule has 1 aromatic carbocycles. The number of hydrogen-bond acceptors (Lipinski definition) is 2. The van der Waals surface area contributed by atoms with Crippen LogP contribution in [0.4, 0.5) is 0 Å². The Morgan fingerprint density at radius 1 is 1.53 bits per heavy atom. The van der Waals surface area contributed by atoms with Gasteiger partial charge in [-0.25, -0.2) is 0 Å². The van der Waals surface area contributed by atoms with Crippen LogP contribution in [0.1, 0.15) is 5.01 Å². The first-order valence-corrected chi connectivity index (χ1v) is 5.66. The lowest BCUT2D eigenvalue weighted by Crippen LogP contribution is -2.33. The van der Waals surface area contributed by atoms with Crippen LogP contribution in [-0.4, -0.2) is 7.11 Å². The summed E-state index contributed by atoms with van der Waals surface area (Å²) in [6, 6.07) is 6.17. The van der Waals surface area contributed by atoms with Crippen LogP contribution in [0.5, 0.6) is 5.75 Å². The zero-order chi connectivity index (χ0) is 10.8. The van der Waals surface area contributed by atoms with Crippen molar-refractivity contribution in [3.63, 3.8) is 0 Å². The Balaban J connectivity index is 2.62. The Labute approximate surface area is 93.4 Å². The number of aryl methyl sites for hydroxylation is 1. The number of allylic oxidation sites excluding steroid dienone is 1. The third-order valence-corrected chi connectivity index (χ3v) is 3.47. The van der Waals surface area contributed by atoms with Gasteiger partial charge in [-0.15, -0.1) is 0 Å². The number of ether oxygens (including phenoxy) is 1. The van der Waals surface area contributed by atoms with Crippen molar-refractivity contribution in [1.82, 2.24) is 0 Å². The molecule has 2 aromatic rings. The molecule has 0 unspecified atom stereocenters. The van der Waals surface area contributed by atoms with Gasteiger partial charge >= 0.3 is 0 Å². The summed E-state index contributed by atoms with van der Waals surface area (Å²) in [5.74, 6) is 0.912. The molecule has 1 aromatic heterocycles. The van der Waals surface area contributed by atoms with Gasteiger partial charge in [0.2, 0.25) is 10.5 Å². The predicted octanol–water partition coefficient (Wildman–Crippen LogP) is 2.69. The average Bonchev–Trinajstić information content (AvgIpc) is 2.55. The van der Waals surface area contributed by atoms with Crippen molar-refractivity contribution in [3.05, 3.63) is 35.9 Å². The molecule has 0 spiro atoms. The monoisotopic (exact) mass is 220 g/mol. The molecular formula is C12H14NOS+. The Hall–Kier alpha value is -1.35. The van der Waals surface area contributed by atoms with Crippen LogP contribution in [0.15, 0.2) is 30.9 Å². The minimum atomic E-state index is 0.859. The highest BCUT2D eigenvalue weighted by atomic mass is 32.1. The van der Waals surface area contributed by atoms with Gasteiger partial charge in [0.25, 0.3) is 0 Å². The third-order valence-electron chi connectivity index (χ3n) is 2.41.